The number of hydrogen-bond donors (Lipinski definition) is 3. The summed E-state index contributed by atoms with van der Waals surface area (Å²) in [6.45, 7) is 1.29. The van der Waals surface area contributed by atoms with E-state index in [0.717, 1.165) is 0 Å². The Morgan fingerprint density at radius 3 is 2.64 bits per heavy atom. The van der Waals surface area contributed by atoms with Gasteiger partial charge in [0.1, 0.15) is 11.3 Å². The molecule has 0 aromatic heterocycles. The second kappa shape index (κ2) is 3.48. The SMILES string of the molecule is C[C@](N)(C(=O)O)c1cc(Cl)ccc1O. The highest BCUT2D eigenvalue weighted by Crippen LogP contribution is 2.29. The van der Waals surface area contributed by atoms with E-state index in [1.807, 2.05) is 0 Å². The Balaban J connectivity index is 3.31. The molecule has 1 aromatic rings. The number of halogens is 1. The normalized spacial score (nSPS) is 14.8. The third-order valence-corrected chi connectivity index (χ3v) is 2.20. The fourth-order valence-electron chi connectivity index (χ4n) is 1.04. The van der Waals surface area contributed by atoms with Gasteiger partial charge in [-0.15, -0.1) is 0 Å². The Morgan fingerprint density at radius 2 is 2.14 bits per heavy atom. The van der Waals surface area contributed by atoms with Gasteiger partial charge >= 0.3 is 5.97 Å². The van der Waals surface area contributed by atoms with Crippen molar-refractivity contribution >= 4 is 17.6 Å². The van der Waals surface area contributed by atoms with Gasteiger partial charge in [0.2, 0.25) is 0 Å². The lowest BCUT2D eigenvalue weighted by atomic mass is 9.92. The maximum atomic E-state index is 10.8. The predicted molar refractivity (Wildman–Crippen MR) is 52.3 cm³/mol. The Labute approximate surface area is 85.9 Å². The molecule has 0 saturated carbocycles. The molecule has 0 heterocycles. The monoisotopic (exact) mass is 215 g/mol. The molecule has 0 aliphatic rings. The van der Waals surface area contributed by atoms with E-state index in [9.17, 15) is 9.90 Å². The molecule has 1 aromatic carbocycles. The third-order valence-electron chi connectivity index (χ3n) is 1.96. The molecule has 0 radical (unpaired) electrons. The summed E-state index contributed by atoms with van der Waals surface area (Å²) in [5, 5.41) is 18.6. The summed E-state index contributed by atoms with van der Waals surface area (Å²) < 4.78 is 0. The van der Waals surface area contributed by atoms with Crippen LogP contribution >= 0.6 is 11.6 Å². The van der Waals surface area contributed by atoms with Crippen molar-refractivity contribution in [2.45, 2.75) is 12.5 Å². The molecule has 5 heteroatoms. The maximum Gasteiger partial charge on any atom is 0.328 e. The van der Waals surface area contributed by atoms with Crippen LogP contribution in [0.5, 0.6) is 5.75 Å². The summed E-state index contributed by atoms with van der Waals surface area (Å²) in [7, 11) is 0. The van der Waals surface area contributed by atoms with Crippen molar-refractivity contribution in [1.82, 2.24) is 0 Å². The molecule has 0 fully saturated rings. The zero-order chi connectivity index (χ0) is 10.9. The van der Waals surface area contributed by atoms with Gasteiger partial charge in [0, 0.05) is 10.6 Å². The van der Waals surface area contributed by atoms with Crippen LogP contribution in [0.3, 0.4) is 0 Å². The number of aromatic hydroxyl groups is 1. The van der Waals surface area contributed by atoms with E-state index < -0.39 is 11.5 Å². The van der Waals surface area contributed by atoms with Crippen LogP contribution in [-0.2, 0) is 10.3 Å². The number of hydrogen-bond acceptors (Lipinski definition) is 3. The molecule has 0 aliphatic heterocycles. The molecule has 14 heavy (non-hydrogen) atoms. The largest absolute Gasteiger partial charge is 0.508 e. The van der Waals surface area contributed by atoms with Crippen molar-refractivity contribution in [3.8, 4) is 5.75 Å². The van der Waals surface area contributed by atoms with Crippen LogP contribution in [0, 0.1) is 0 Å². The van der Waals surface area contributed by atoms with E-state index >= 15 is 0 Å². The lowest BCUT2D eigenvalue weighted by molar-refractivity contribution is -0.143. The molecule has 4 nitrogen and oxygen atoms in total. The van der Waals surface area contributed by atoms with Crippen LogP contribution in [0.4, 0.5) is 0 Å². The standard InChI is InChI=1S/C9H10ClNO3/c1-9(11,8(13)14)6-4-5(10)2-3-7(6)12/h2-4,12H,11H2,1H3,(H,13,14)/t9-/m1/s1. The minimum atomic E-state index is -1.64. The van der Waals surface area contributed by atoms with E-state index in [0.29, 0.717) is 5.02 Å². The highest BCUT2D eigenvalue weighted by Gasteiger charge is 2.32. The third kappa shape index (κ3) is 1.81. The van der Waals surface area contributed by atoms with Gasteiger partial charge in [-0.05, 0) is 25.1 Å². The molecule has 76 valence electrons. The summed E-state index contributed by atoms with van der Waals surface area (Å²) in [5.41, 5.74) is 3.98. The predicted octanol–water partition coefficient (Wildman–Crippen LogP) is 1.30. The highest BCUT2D eigenvalue weighted by atomic mass is 35.5. The molecule has 0 spiro atoms. The molecule has 0 amide bonds. The van der Waals surface area contributed by atoms with Crippen molar-refractivity contribution in [2.75, 3.05) is 0 Å². The first-order valence-corrected chi connectivity index (χ1v) is 4.24. The number of phenols is 1. The number of rotatable bonds is 2. The minimum Gasteiger partial charge on any atom is -0.508 e. The summed E-state index contributed by atoms with van der Waals surface area (Å²) in [6.07, 6.45) is 0. The minimum absolute atomic E-state index is 0.0949. The molecule has 0 bridgehead atoms. The van der Waals surface area contributed by atoms with Crippen LogP contribution in [0.15, 0.2) is 18.2 Å². The van der Waals surface area contributed by atoms with E-state index in [2.05, 4.69) is 0 Å². The average Bonchev–Trinajstić information content (AvgIpc) is 2.08. The summed E-state index contributed by atoms with van der Waals surface area (Å²) in [4.78, 5) is 10.8. The van der Waals surface area contributed by atoms with Gasteiger partial charge in [-0.25, -0.2) is 4.79 Å². The lowest BCUT2D eigenvalue weighted by Gasteiger charge is -2.20. The Hall–Kier alpha value is -1.26. The first-order valence-electron chi connectivity index (χ1n) is 3.87. The first-order chi connectivity index (χ1) is 6.35. The number of nitrogens with two attached hydrogens (primary N) is 1. The Morgan fingerprint density at radius 1 is 1.57 bits per heavy atom. The number of carboxylic acids is 1. The molecule has 4 N–H and O–H groups in total. The second-order valence-electron chi connectivity index (χ2n) is 3.17. The molecule has 0 saturated heterocycles. The zero-order valence-corrected chi connectivity index (χ0v) is 8.25. The lowest BCUT2D eigenvalue weighted by Crippen LogP contribution is -2.41. The van der Waals surface area contributed by atoms with Crippen LogP contribution in [0.25, 0.3) is 0 Å². The molecule has 1 atom stereocenters. The van der Waals surface area contributed by atoms with Gasteiger partial charge in [0.25, 0.3) is 0 Å². The van der Waals surface area contributed by atoms with E-state index in [4.69, 9.17) is 22.4 Å². The molecule has 1 rings (SSSR count). The fourth-order valence-corrected chi connectivity index (χ4v) is 1.21. The first kappa shape index (κ1) is 10.8. The van der Waals surface area contributed by atoms with E-state index in [1.54, 1.807) is 0 Å². The molecular formula is C9H10ClNO3. The van der Waals surface area contributed by atoms with Gasteiger partial charge in [-0.2, -0.15) is 0 Å². The van der Waals surface area contributed by atoms with E-state index in [1.165, 1.54) is 25.1 Å². The number of aliphatic carboxylic acids is 1. The fraction of sp³-hybridized carbons (Fsp3) is 0.222. The van der Waals surface area contributed by atoms with E-state index in [-0.39, 0.29) is 11.3 Å². The zero-order valence-electron chi connectivity index (χ0n) is 7.49. The highest BCUT2D eigenvalue weighted by molar-refractivity contribution is 6.30. The average molecular weight is 216 g/mol. The maximum absolute atomic E-state index is 10.8. The Bertz CT molecular complexity index is 376. The molecule has 0 aliphatic carbocycles. The Kier molecular flexibility index (Phi) is 2.69. The van der Waals surface area contributed by atoms with Crippen LogP contribution < -0.4 is 5.73 Å². The molecule has 0 unspecified atom stereocenters. The quantitative estimate of drug-likeness (QED) is 0.695. The topological polar surface area (TPSA) is 83.6 Å². The number of carboxylic acid groups (broad SMARTS) is 1. The summed E-state index contributed by atoms with van der Waals surface area (Å²) >= 11 is 5.67. The van der Waals surface area contributed by atoms with Gasteiger partial charge in [-0.3, -0.25) is 0 Å². The van der Waals surface area contributed by atoms with Gasteiger partial charge < -0.3 is 15.9 Å². The van der Waals surface area contributed by atoms with Crippen LogP contribution in [-0.4, -0.2) is 16.2 Å². The van der Waals surface area contributed by atoms with Crippen molar-refractivity contribution < 1.29 is 15.0 Å². The van der Waals surface area contributed by atoms with Crippen molar-refractivity contribution in [3.63, 3.8) is 0 Å². The molecular weight excluding hydrogens is 206 g/mol. The van der Waals surface area contributed by atoms with Gasteiger partial charge in [-0.1, -0.05) is 11.6 Å². The number of benzene rings is 1. The van der Waals surface area contributed by atoms with Gasteiger partial charge in [0.15, 0.2) is 0 Å². The second-order valence-corrected chi connectivity index (χ2v) is 3.61. The smallest absolute Gasteiger partial charge is 0.328 e. The summed E-state index contributed by atoms with van der Waals surface area (Å²) in [6, 6.07) is 4.11. The van der Waals surface area contributed by atoms with Gasteiger partial charge in [0.05, 0.1) is 0 Å². The van der Waals surface area contributed by atoms with Crippen molar-refractivity contribution in [2.24, 2.45) is 5.73 Å². The van der Waals surface area contributed by atoms with Crippen molar-refractivity contribution in [1.29, 1.82) is 0 Å². The van der Waals surface area contributed by atoms with Crippen LogP contribution in [0.1, 0.15) is 12.5 Å². The van der Waals surface area contributed by atoms with Crippen molar-refractivity contribution in [3.05, 3.63) is 28.8 Å². The number of carbonyl (C=O) groups is 1. The van der Waals surface area contributed by atoms with Crippen LogP contribution in [0.2, 0.25) is 5.02 Å². The summed E-state index contributed by atoms with van der Waals surface area (Å²) in [5.74, 6) is -1.41. The number of phenolic OH excluding ortho intramolecular Hbond substituents is 1.